The molecule has 0 saturated carbocycles. The molecule has 0 aliphatic carbocycles. The molecule has 0 heterocycles. The summed E-state index contributed by atoms with van der Waals surface area (Å²) < 4.78 is 35.1. The zero-order chi connectivity index (χ0) is 11.4. The molecule has 0 fully saturated rings. The molecule has 0 aliphatic heterocycles. The topological polar surface area (TPSA) is 66.4 Å². The Morgan fingerprint density at radius 2 is 1.93 bits per heavy atom. The molecule has 1 atom stereocenters. The zero-order valence-electron chi connectivity index (χ0n) is 6.84. The quantitative estimate of drug-likeness (QED) is 0.615. The van der Waals surface area contributed by atoms with Crippen LogP contribution in [0.3, 0.4) is 0 Å². The normalized spacial score (nSPS) is 13.4. The Morgan fingerprint density at radius 3 is 2.21 bits per heavy atom. The van der Waals surface area contributed by atoms with Gasteiger partial charge in [0.2, 0.25) is 0 Å². The van der Waals surface area contributed by atoms with Crippen molar-refractivity contribution >= 4 is 24.5 Å². The van der Waals surface area contributed by atoms with Crippen LogP contribution in [0, 0.1) is 0 Å². The van der Waals surface area contributed by atoms with E-state index in [2.05, 4.69) is 12.6 Å². The minimum absolute atomic E-state index is 0.0646. The summed E-state index contributed by atoms with van der Waals surface area (Å²) in [5.41, 5.74) is 0. The molecule has 14 heavy (non-hydrogen) atoms. The lowest BCUT2D eigenvalue weighted by Gasteiger charge is -2.14. The highest BCUT2D eigenvalue weighted by Gasteiger charge is 2.40. The van der Waals surface area contributed by atoms with Gasteiger partial charge in [-0.15, -0.1) is 0 Å². The van der Waals surface area contributed by atoms with E-state index in [0.29, 0.717) is 0 Å². The Balaban J connectivity index is 4.31. The van der Waals surface area contributed by atoms with Crippen molar-refractivity contribution in [3.05, 3.63) is 0 Å². The Bertz CT molecular complexity index is 231. The van der Waals surface area contributed by atoms with Gasteiger partial charge in [0.1, 0.15) is 6.04 Å². The van der Waals surface area contributed by atoms with Crippen molar-refractivity contribution in [1.29, 1.82) is 0 Å². The SMILES string of the molecule is O=C(O)[C@H](CCS)NC(=O)C(F)(F)F. The van der Waals surface area contributed by atoms with Gasteiger partial charge in [-0.2, -0.15) is 25.8 Å². The molecule has 0 aliphatic rings. The third-order valence-corrected chi connectivity index (χ3v) is 1.54. The number of nitrogens with one attached hydrogen (secondary N) is 1. The monoisotopic (exact) mass is 231 g/mol. The lowest BCUT2D eigenvalue weighted by atomic mass is 10.2. The van der Waals surface area contributed by atoms with Crippen LogP contribution in [0.15, 0.2) is 0 Å². The predicted octanol–water partition coefficient (Wildman–Crippen LogP) is 0.438. The molecule has 2 N–H and O–H groups in total. The molecular formula is C6H8F3NO3S. The van der Waals surface area contributed by atoms with Crippen molar-refractivity contribution in [2.24, 2.45) is 0 Å². The van der Waals surface area contributed by atoms with Gasteiger partial charge < -0.3 is 10.4 Å². The van der Waals surface area contributed by atoms with Crippen molar-refractivity contribution in [1.82, 2.24) is 5.32 Å². The number of hydrogen-bond acceptors (Lipinski definition) is 3. The molecule has 0 rings (SSSR count). The summed E-state index contributed by atoms with van der Waals surface area (Å²) in [6.45, 7) is 0. The van der Waals surface area contributed by atoms with Crippen molar-refractivity contribution < 1.29 is 27.9 Å². The molecular weight excluding hydrogens is 223 g/mol. The van der Waals surface area contributed by atoms with Gasteiger partial charge in [-0.3, -0.25) is 4.79 Å². The van der Waals surface area contributed by atoms with Crippen LogP contribution in [-0.4, -0.2) is 35.0 Å². The van der Waals surface area contributed by atoms with Crippen LogP contribution in [0.1, 0.15) is 6.42 Å². The molecule has 0 spiro atoms. The van der Waals surface area contributed by atoms with E-state index in [-0.39, 0.29) is 12.2 Å². The summed E-state index contributed by atoms with van der Waals surface area (Å²) in [5.74, 6) is -3.71. The number of carboxylic acid groups (broad SMARTS) is 1. The Labute approximate surface area is 82.9 Å². The molecule has 82 valence electrons. The minimum atomic E-state index is -5.07. The Morgan fingerprint density at radius 1 is 1.43 bits per heavy atom. The average Bonchev–Trinajstić information content (AvgIpc) is 2.01. The van der Waals surface area contributed by atoms with E-state index in [9.17, 15) is 22.8 Å². The largest absolute Gasteiger partial charge is 0.480 e. The van der Waals surface area contributed by atoms with Crippen molar-refractivity contribution in [2.45, 2.75) is 18.6 Å². The number of aliphatic carboxylic acids is 1. The van der Waals surface area contributed by atoms with E-state index in [1.165, 1.54) is 5.32 Å². The number of carbonyl (C=O) groups is 2. The van der Waals surface area contributed by atoms with Gasteiger partial charge in [0.05, 0.1) is 0 Å². The summed E-state index contributed by atoms with van der Waals surface area (Å²) in [5, 5.41) is 9.75. The van der Waals surface area contributed by atoms with Crippen LogP contribution in [0.2, 0.25) is 0 Å². The smallest absolute Gasteiger partial charge is 0.471 e. The van der Waals surface area contributed by atoms with Gasteiger partial charge >= 0.3 is 18.1 Å². The first-order chi connectivity index (χ1) is 6.29. The second kappa shape index (κ2) is 5.08. The van der Waals surface area contributed by atoms with Crippen molar-refractivity contribution in [2.75, 3.05) is 5.75 Å². The maximum atomic E-state index is 11.7. The van der Waals surface area contributed by atoms with Crippen LogP contribution < -0.4 is 5.32 Å². The molecule has 4 nitrogen and oxygen atoms in total. The summed E-state index contributed by atoms with van der Waals surface area (Å²) in [6.07, 6.45) is -5.23. The van der Waals surface area contributed by atoms with E-state index in [1.807, 2.05) is 0 Å². The van der Waals surface area contributed by atoms with Gasteiger partial charge in [0, 0.05) is 0 Å². The highest BCUT2D eigenvalue weighted by atomic mass is 32.1. The summed E-state index contributed by atoms with van der Waals surface area (Å²) in [7, 11) is 0. The van der Waals surface area contributed by atoms with Gasteiger partial charge in [-0.25, -0.2) is 4.79 Å². The predicted molar refractivity (Wildman–Crippen MR) is 44.1 cm³/mol. The third kappa shape index (κ3) is 4.35. The van der Waals surface area contributed by atoms with Crippen LogP contribution in [0.4, 0.5) is 13.2 Å². The van der Waals surface area contributed by atoms with Gasteiger partial charge in [0.15, 0.2) is 0 Å². The zero-order valence-corrected chi connectivity index (χ0v) is 7.73. The highest BCUT2D eigenvalue weighted by molar-refractivity contribution is 7.80. The number of halogens is 3. The first-order valence-corrected chi connectivity index (χ1v) is 4.13. The van der Waals surface area contributed by atoms with Crippen molar-refractivity contribution in [3.63, 3.8) is 0 Å². The van der Waals surface area contributed by atoms with Crippen LogP contribution in [0.5, 0.6) is 0 Å². The average molecular weight is 231 g/mol. The number of hydrogen-bond donors (Lipinski definition) is 3. The van der Waals surface area contributed by atoms with E-state index >= 15 is 0 Å². The van der Waals surface area contributed by atoms with Crippen LogP contribution >= 0.6 is 12.6 Å². The lowest BCUT2D eigenvalue weighted by Crippen LogP contribution is -2.47. The van der Waals surface area contributed by atoms with Crippen LogP contribution in [-0.2, 0) is 9.59 Å². The standard InChI is InChI=1S/C6H8F3NO3S/c7-6(8,9)5(13)10-3(1-2-14)4(11)12/h3,14H,1-2H2,(H,10,13)(H,11,12)/t3-/m0/s1. The minimum Gasteiger partial charge on any atom is -0.480 e. The first kappa shape index (κ1) is 13.1. The fourth-order valence-electron chi connectivity index (χ4n) is 0.627. The number of carbonyl (C=O) groups excluding carboxylic acids is 1. The number of carboxylic acids is 1. The molecule has 0 aromatic carbocycles. The maximum Gasteiger partial charge on any atom is 0.471 e. The summed E-state index contributed by atoms with van der Waals surface area (Å²) in [6, 6.07) is -1.55. The Kier molecular flexibility index (Phi) is 4.75. The fourth-order valence-corrected chi connectivity index (χ4v) is 0.885. The number of rotatable bonds is 4. The van der Waals surface area contributed by atoms with E-state index < -0.39 is 24.1 Å². The van der Waals surface area contributed by atoms with E-state index in [4.69, 9.17) is 5.11 Å². The number of thiol groups is 1. The molecule has 0 saturated heterocycles. The first-order valence-electron chi connectivity index (χ1n) is 3.50. The highest BCUT2D eigenvalue weighted by Crippen LogP contribution is 2.14. The van der Waals surface area contributed by atoms with Gasteiger partial charge in [-0.1, -0.05) is 0 Å². The second-order valence-corrected chi connectivity index (χ2v) is 2.82. The van der Waals surface area contributed by atoms with Gasteiger partial charge in [0.25, 0.3) is 0 Å². The van der Waals surface area contributed by atoms with Crippen LogP contribution in [0.25, 0.3) is 0 Å². The van der Waals surface area contributed by atoms with Gasteiger partial charge in [-0.05, 0) is 12.2 Å². The third-order valence-electron chi connectivity index (χ3n) is 1.28. The summed E-state index contributed by atoms with van der Waals surface area (Å²) >= 11 is 3.65. The maximum absolute atomic E-state index is 11.7. The second-order valence-electron chi connectivity index (χ2n) is 2.37. The lowest BCUT2D eigenvalue weighted by molar-refractivity contribution is -0.175. The molecule has 0 bridgehead atoms. The van der Waals surface area contributed by atoms with E-state index in [1.54, 1.807) is 0 Å². The molecule has 1 amide bonds. The number of amides is 1. The van der Waals surface area contributed by atoms with Crippen molar-refractivity contribution in [3.8, 4) is 0 Å². The molecule has 0 aromatic rings. The molecule has 0 unspecified atom stereocenters. The Hall–Kier alpha value is -0.920. The molecule has 8 heteroatoms. The fraction of sp³-hybridized carbons (Fsp3) is 0.667. The van der Waals surface area contributed by atoms with E-state index in [0.717, 1.165) is 0 Å². The number of alkyl halides is 3. The molecule has 0 radical (unpaired) electrons. The summed E-state index contributed by atoms with van der Waals surface area (Å²) in [4.78, 5) is 20.7. The molecule has 0 aromatic heterocycles.